The molecule has 0 heteroatoms. The molecule has 0 unspecified atom stereocenters. The van der Waals surface area contributed by atoms with Gasteiger partial charge in [0.25, 0.3) is 0 Å². The molecular formula is C7H11. The largest absolute Gasteiger partial charge is 0.0850 e. The van der Waals surface area contributed by atoms with Gasteiger partial charge in [-0.3, -0.25) is 0 Å². The monoisotopic (exact) mass is 95.1 g/mol. The van der Waals surface area contributed by atoms with E-state index in [2.05, 4.69) is 19.4 Å². The van der Waals surface area contributed by atoms with Gasteiger partial charge in [-0.15, -0.1) is 0 Å². The Kier molecular flexibility index (Phi) is 1.50. The van der Waals surface area contributed by atoms with E-state index < -0.39 is 0 Å². The molecule has 0 saturated heterocycles. The van der Waals surface area contributed by atoms with Crippen LogP contribution in [0, 0.1) is 6.42 Å². The van der Waals surface area contributed by atoms with Crippen LogP contribution in [0.5, 0.6) is 0 Å². The summed E-state index contributed by atoms with van der Waals surface area (Å²) in [5.41, 5.74) is 1.61. The zero-order chi connectivity index (χ0) is 5.11. The summed E-state index contributed by atoms with van der Waals surface area (Å²) in [6, 6.07) is 0. The average Bonchev–Trinajstić information content (AvgIpc) is 2.14. The van der Waals surface area contributed by atoms with Gasteiger partial charge >= 0.3 is 0 Å². The number of rotatable bonds is 1. The van der Waals surface area contributed by atoms with E-state index in [0.29, 0.717) is 0 Å². The van der Waals surface area contributed by atoms with E-state index in [9.17, 15) is 0 Å². The minimum Gasteiger partial charge on any atom is -0.0850 e. The van der Waals surface area contributed by atoms with Gasteiger partial charge in [-0.25, -0.2) is 0 Å². The molecule has 0 bridgehead atoms. The molecule has 0 N–H and O–H groups in total. The zero-order valence-corrected chi connectivity index (χ0v) is 4.78. The van der Waals surface area contributed by atoms with E-state index in [0.717, 1.165) is 0 Å². The second-order valence-electron chi connectivity index (χ2n) is 1.94. The third-order valence-electron chi connectivity index (χ3n) is 1.43. The fourth-order valence-electron chi connectivity index (χ4n) is 0.891. The Bertz CT molecular complexity index is 80.0. The highest BCUT2D eigenvalue weighted by molar-refractivity contribution is 5.12. The lowest BCUT2D eigenvalue weighted by atomic mass is 10.2. The molecule has 1 radical (unpaired) electrons. The minimum absolute atomic E-state index is 1.21. The van der Waals surface area contributed by atoms with Crippen LogP contribution in [-0.2, 0) is 0 Å². The second-order valence-corrected chi connectivity index (χ2v) is 1.94. The van der Waals surface area contributed by atoms with Crippen molar-refractivity contribution in [2.75, 3.05) is 0 Å². The molecule has 0 saturated carbocycles. The highest BCUT2D eigenvalue weighted by Crippen LogP contribution is 2.18. The van der Waals surface area contributed by atoms with E-state index in [1.54, 1.807) is 5.57 Å². The lowest BCUT2D eigenvalue weighted by Crippen LogP contribution is -1.69. The van der Waals surface area contributed by atoms with E-state index in [1.165, 1.54) is 19.3 Å². The SMILES string of the molecule is CCC1=CC[CH]C1. The molecule has 0 atom stereocenters. The highest BCUT2D eigenvalue weighted by atomic mass is 14.0. The highest BCUT2D eigenvalue weighted by Gasteiger charge is 1.99. The maximum atomic E-state index is 2.32. The number of allylic oxidation sites excluding steroid dienone is 2. The lowest BCUT2D eigenvalue weighted by Gasteiger charge is -1.88. The van der Waals surface area contributed by atoms with Gasteiger partial charge in [-0.2, -0.15) is 0 Å². The molecule has 0 spiro atoms. The molecule has 0 amide bonds. The smallest absolute Gasteiger partial charge is 0.0286 e. The third-order valence-corrected chi connectivity index (χ3v) is 1.43. The molecule has 1 aliphatic carbocycles. The summed E-state index contributed by atoms with van der Waals surface area (Å²) in [6.07, 6.45) is 8.34. The molecule has 39 valence electrons. The van der Waals surface area contributed by atoms with Crippen LogP contribution in [0.2, 0.25) is 0 Å². The molecule has 0 aromatic rings. The van der Waals surface area contributed by atoms with Crippen molar-refractivity contribution < 1.29 is 0 Å². The Labute approximate surface area is 45.2 Å². The fourth-order valence-corrected chi connectivity index (χ4v) is 0.891. The molecule has 7 heavy (non-hydrogen) atoms. The van der Waals surface area contributed by atoms with Gasteiger partial charge in [0, 0.05) is 0 Å². The van der Waals surface area contributed by atoms with E-state index >= 15 is 0 Å². The molecule has 0 aromatic carbocycles. The van der Waals surface area contributed by atoms with Gasteiger partial charge in [0.1, 0.15) is 0 Å². The van der Waals surface area contributed by atoms with Crippen LogP contribution >= 0.6 is 0 Å². The maximum absolute atomic E-state index is 2.32. The van der Waals surface area contributed by atoms with Gasteiger partial charge in [0.15, 0.2) is 0 Å². The van der Waals surface area contributed by atoms with Crippen molar-refractivity contribution in [1.82, 2.24) is 0 Å². The van der Waals surface area contributed by atoms with Crippen molar-refractivity contribution in [3.05, 3.63) is 18.1 Å². The van der Waals surface area contributed by atoms with Gasteiger partial charge < -0.3 is 0 Å². The van der Waals surface area contributed by atoms with Gasteiger partial charge in [-0.05, 0) is 25.7 Å². The first-order chi connectivity index (χ1) is 3.43. The molecule has 0 fully saturated rings. The van der Waals surface area contributed by atoms with Gasteiger partial charge in [-0.1, -0.05) is 18.6 Å². The molecular weight excluding hydrogens is 84.1 g/mol. The Morgan fingerprint density at radius 2 is 2.57 bits per heavy atom. The molecule has 1 aliphatic rings. The van der Waals surface area contributed by atoms with Crippen LogP contribution in [0.15, 0.2) is 11.6 Å². The van der Waals surface area contributed by atoms with Crippen LogP contribution in [0.1, 0.15) is 26.2 Å². The van der Waals surface area contributed by atoms with E-state index in [1.807, 2.05) is 0 Å². The molecule has 0 heterocycles. The summed E-state index contributed by atoms with van der Waals surface area (Å²) in [6.45, 7) is 2.21. The first-order valence-electron chi connectivity index (χ1n) is 2.93. The number of hydrogen-bond acceptors (Lipinski definition) is 0. The normalized spacial score (nSPS) is 19.9. The Hall–Kier alpha value is -0.260. The van der Waals surface area contributed by atoms with Crippen molar-refractivity contribution in [2.45, 2.75) is 26.2 Å². The standard InChI is InChI=1S/C7H11/c1-2-7-5-3-4-6-7/h3,6H,2,4-5H2,1H3. The van der Waals surface area contributed by atoms with Crippen LogP contribution in [0.25, 0.3) is 0 Å². The quantitative estimate of drug-likeness (QED) is 0.438. The van der Waals surface area contributed by atoms with Gasteiger partial charge in [0.2, 0.25) is 0 Å². The summed E-state index contributed by atoms with van der Waals surface area (Å²) < 4.78 is 0. The van der Waals surface area contributed by atoms with Crippen molar-refractivity contribution in [3.63, 3.8) is 0 Å². The van der Waals surface area contributed by atoms with Crippen molar-refractivity contribution >= 4 is 0 Å². The third kappa shape index (κ3) is 1.05. The number of hydrogen-bond donors (Lipinski definition) is 0. The molecule has 0 aromatic heterocycles. The Morgan fingerprint density at radius 3 is 2.86 bits per heavy atom. The van der Waals surface area contributed by atoms with E-state index in [-0.39, 0.29) is 0 Å². The fraction of sp³-hybridized carbons (Fsp3) is 0.571. The molecule has 1 rings (SSSR count). The Balaban J connectivity index is 2.36. The van der Waals surface area contributed by atoms with Crippen molar-refractivity contribution in [3.8, 4) is 0 Å². The topological polar surface area (TPSA) is 0 Å². The molecule has 0 aliphatic heterocycles. The van der Waals surface area contributed by atoms with Gasteiger partial charge in [0.05, 0.1) is 0 Å². The first kappa shape index (κ1) is 4.89. The summed E-state index contributed by atoms with van der Waals surface area (Å²) in [4.78, 5) is 0. The summed E-state index contributed by atoms with van der Waals surface area (Å²) >= 11 is 0. The average molecular weight is 95.2 g/mol. The van der Waals surface area contributed by atoms with Crippen LogP contribution in [-0.4, -0.2) is 0 Å². The zero-order valence-electron chi connectivity index (χ0n) is 4.78. The lowest BCUT2D eigenvalue weighted by molar-refractivity contribution is 1.03. The van der Waals surface area contributed by atoms with Crippen LogP contribution in [0.4, 0.5) is 0 Å². The summed E-state index contributed by atoms with van der Waals surface area (Å²) in [5.74, 6) is 0. The van der Waals surface area contributed by atoms with Crippen molar-refractivity contribution in [2.24, 2.45) is 0 Å². The van der Waals surface area contributed by atoms with Crippen LogP contribution < -0.4 is 0 Å². The predicted octanol–water partition coefficient (Wildman–Crippen LogP) is 2.32. The van der Waals surface area contributed by atoms with E-state index in [4.69, 9.17) is 0 Å². The second kappa shape index (κ2) is 2.15. The first-order valence-corrected chi connectivity index (χ1v) is 2.93. The minimum atomic E-state index is 1.21. The van der Waals surface area contributed by atoms with Crippen LogP contribution in [0.3, 0.4) is 0 Å². The van der Waals surface area contributed by atoms with Crippen molar-refractivity contribution in [1.29, 1.82) is 0 Å². The molecule has 0 nitrogen and oxygen atoms in total. The predicted molar refractivity (Wildman–Crippen MR) is 31.9 cm³/mol. The maximum Gasteiger partial charge on any atom is -0.0286 e. The Morgan fingerprint density at radius 1 is 1.71 bits per heavy atom. The summed E-state index contributed by atoms with van der Waals surface area (Å²) in [5, 5.41) is 0. The summed E-state index contributed by atoms with van der Waals surface area (Å²) in [7, 11) is 0.